The van der Waals surface area contributed by atoms with Crippen molar-refractivity contribution in [1.82, 2.24) is 5.32 Å². The topological polar surface area (TPSA) is 21.3 Å². The maximum absolute atomic E-state index is 5.42. The summed E-state index contributed by atoms with van der Waals surface area (Å²) < 4.78 is 5.42. The fourth-order valence-electron chi connectivity index (χ4n) is 2.54. The van der Waals surface area contributed by atoms with Crippen LogP contribution in [0.25, 0.3) is 0 Å². The van der Waals surface area contributed by atoms with Crippen molar-refractivity contribution in [3.05, 3.63) is 29.8 Å². The lowest BCUT2D eigenvalue weighted by molar-refractivity contribution is 0.382. The number of nitrogens with one attached hydrogen (secondary N) is 1. The molecule has 2 atom stereocenters. The Morgan fingerprint density at radius 1 is 1.28 bits per heavy atom. The lowest BCUT2D eigenvalue weighted by Crippen LogP contribution is -2.29. The van der Waals surface area contributed by atoms with Crippen molar-refractivity contribution in [3.8, 4) is 5.75 Å². The van der Waals surface area contributed by atoms with Crippen LogP contribution in [-0.4, -0.2) is 20.2 Å². The van der Waals surface area contributed by atoms with Gasteiger partial charge in [0.05, 0.1) is 7.11 Å². The molecule has 0 fully saturated rings. The molecule has 0 saturated carbocycles. The highest BCUT2D eigenvalue weighted by atomic mass is 16.5. The third-order valence-corrected chi connectivity index (χ3v) is 3.54. The second-order valence-corrected chi connectivity index (χ2v) is 5.13. The average molecular weight is 249 g/mol. The van der Waals surface area contributed by atoms with E-state index in [9.17, 15) is 0 Å². The summed E-state index contributed by atoms with van der Waals surface area (Å²) in [5, 5.41) is 3.44. The molecule has 1 N–H and O–H groups in total. The van der Waals surface area contributed by atoms with Crippen molar-refractivity contribution in [2.45, 2.75) is 45.6 Å². The predicted octanol–water partition coefficient (Wildman–Crippen LogP) is 3.65. The van der Waals surface area contributed by atoms with Crippen molar-refractivity contribution in [2.75, 3.05) is 14.2 Å². The Kier molecular flexibility index (Phi) is 6.81. The normalized spacial score (nSPS) is 14.2. The van der Waals surface area contributed by atoms with Crippen LogP contribution in [0.1, 0.15) is 38.7 Å². The van der Waals surface area contributed by atoms with E-state index in [1.165, 1.54) is 24.8 Å². The van der Waals surface area contributed by atoms with Gasteiger partial charge in [0.25, 0.3) is 0 Å². The Morgan fingerprint density at radius 2 is 2.00 bits per heavy atom. The van der Waals surface area contributed by atoms with Crippen molar-refractivity contribution in [2.24, 2.45) is 5.92 Å². The summed E-state index contributed by atoms with van der Waals surface area (Å²) in [6.07, 6.45) is 4.84. The molecule has 102 valence electrons. The van der Waals surface area contributed by atoms with Gasteiger partial charge in [0.15, 0.2) is 0 Å². The molecule has 1 rings (SSSR count). The van der Waals surface area contributed by atoms with Crippen LogP contribution in [-0.2, 0) is 6.42 Å². The maximum Gasteiger partial charge on any atom is 0.122 e. The molecule has 0 aliphatic carbocycles. The highest BCUT2D eigenvalue weighted by molar-refractivity contribution is 5.33. The van der Waals surface area contributed by atoms with Crippen LogP contribution in [0.5, 0.6) is 5.75 Å². The Bertz CT molecular complexity index is 338. The van der Waals surface area contributed by atoms with E-state index in [0.29, 0.717) is 6.04 Å². The van der Waals surface area contributed by atoms with Gasteiger partial charge >= 0.3 is 0 Å². The first-order chi connectivity index (χ1) is 8.71. The summed E-state index contributed by atoms with van der Waals surface area (Å²) in [5.74, 6) is 1.78. The zero-order chi connectivity index (χ0) is 13.4. The molecule has 2 unspecified atom stereocenters. The van der Waals surface area contributed by atoms with Crippen LogP contribution in [0.2, 0.25) is 0 Å². The highest BCUT2D eigenvalue weighted by Crippen LogP contribution is 2.21. The van der Waals surface area contributed by atoms with E-state index in [1.54, 1.807) is 7.11 Å². The van der Waals surface area contributed by atoms with Crippen LogP contribution in [0.15, 0.2) is 24.3 Å². The number of likely N-dealkylation sites (N-methyl/N-ethyl adjacent to an activating group) is 1. The van der Waals surface area contributed by atoms with Crippen molar-refractivity contribution in [3.63, 3.8) is 0 Å². The third-order valence-electron chi connectivity index (χ3n) is 3.54. The summed E-state index contributed by atoms with van der Waals surface area (Å²) in [6, 6.07) is 8.84. The number of para-hydroxylation sites is 1. The van der Waals surface area contributed by atoms with Crippen molar-refractivity contribution in [1.29, 1.82) is 0 Å². The Hall–Kier alpha value is -1.02. The molecule has 0 amide bonds. The SMILES string of the molecule is CCCC(C)CC(Cc1ccccc1OC)NC. The number of rotatable bonds is 8. The first-order valence-electron chi connectivity index (χ1n) is 7.00. The third kappa shape index (κ3) is 4.69. The van der Waals surface area contributed by atoms with Gasteiger partial charge in [-0.05, 0) is 37.4 Å². The minimum absolute atomic E-state index is 0.530. The molecule has 2 heteroatoms. The minimum Gasteiger partial charge on any atom is -0.496 e. The van der Waals surface area contributed by atoms with E-state index in [4.69, 9.17) is 4.74 Å². The fourth-order valence-corrected chi connectivity index (χ4v) is 2.54. The Morgan fingerprint density at radius 3 is 2.61 bits per heavy atom. The lowest BCUT2D eigenvalue weighted by Gasteiger charge is -2.21. The van der Waals surface area contributed by atoms with E-state index in [1.807, 2.05) is 12.1 Å². The van der Waals surface area contributed by atoms with Gasteiger partial charge in [-0.3, -0.25) is 0 Å². The molecule has 0 bridgehead atoms. The van der Waals surface area contributed by atoms with E-state index >= 15 is 0 Å². The standard InChI is InChI=1S/C16H27NO/c1-5-8-13(2)11-15(17-3)12-14-9-6-7-10-16(14)18-4/h6-7,9-10,13,15,17H,5,8,11-12H2,1-4H3. The predicted molar refractivity (Wildman–Crippen MR) is 78.2 cm³/mol. The van der Waals surface area contributed by atoms with Gasteiger partial charge in [-0.15, -0.1) is 0 Å². The van der Waals surface area contributed by atoms with Gasteiger partial charge in [0.1, 0.15) is 5.75 Å². The zero-order valence-electron chi connectivity index (χ0n) is 12.2. The van der Waals surface area contributed by atoms with Gasteiger partial charge in [-0.2, -0.15) is 0 Å². The van der Waals surface area contributed by atoms with E-state index in [0.717, 1.165) is 18.1 Å². The monoisotopic (exact) mass is 249 g/mol. The minimum atomic E-state index is 0.530. The molecule has 2 nitrogen and oxygen atoms in total. The molecule has 0 radical (unpaired) electrons. The van der Waals surface area contributed by atoms with E-state index in [-0.39, 0.29) is 0 Å². The molecule has 18 heavy (non-hydrogen) atoms. The van der Waals surface area contributed by atoms with Gasteiger partial charge in [-0.25, -0.2) is 0 Å². The van der Waals surface area contributed by atoms with Crippen LogP contribution in [0.3, 0.4) is 0 Å². The number of ether oxygens (including phenoxy) is 1. The molecule has 0 aromatic heterocycles. The molecule has 0 spiro atoms. The van der Waals surface area contributed by atoms with Crippen molar-refractivity contribution < 1.29 is 4.74 Å². The fraction of sp³-hybridized carbons (Fsp3) is 0.625. The second-order valence-electron chi connectivity index (χ2n) is 5.13. The molecule has 0 aliphatic rings. The average Bonchev–Trinajstić information content (AvgIpc) is 2.38. The molecular weight excluding hydrogens is 222 g/mol. The summed E-state index contributed by atoms with van der Waals surface area (Å²) in [4.78, 5) is 0. The van der Waals surface area contributed by atoms with Gasteiger partial charge in [0.2, 0.25) is 0 Å². The maximum atomic E-state index is 5.42. The quantitative estimate of drug-likeness (QED) is 0.759. The van der Waals surface area contributed by atoms with E-state index in [2.05, 4.69) is 38.3 Å². The molecule has 0 saturated heterocycles. The Balaban J connectivity index is 2.61. The molecule has 1 aromatic carbocycles. The summed E-state index contributed by atoms with van der Waals surface area (Å²) >= 11 is 0. The van der Waals surface area contributed by atoms with Crippen LogP contribution < -0.4 is 10.1 Å². The van der Waals surface area contributed by atoms with Gasteiger partial charge in [-0.1, -0.05) is 44.9 Å². The highest BCUT2D eigenvalue weighted by Gasteiger charge is 2.13. The van der Waals surface area contributed by atoms with Crippen LogP contribution in [0.4, 0.5) is 0 Å². The first-order valence-corrected chi connectivity index (χ1v) is 7.00. The number of methoxy groups -OCH3 is 1. The zero-order valence-corrected chi connectivity index (χ0v) is 12.2. The summed E-state index contributed by atoms with van der Waals surface area (Å²) in [7, 11) is 3.80. The number of hydrogen-bond donors (Lipinski definition) is 1. The summed E-state index contributed by atoms with van der Waals surface area (Å²) in [5.41, 5.74) is 1.29. The Labute approximate surface area is 112 Å². The molecule has 1 aromatic rings. The van der Waals surface area contributed by atoms with E-state index < -0.39 is 0 Å². The van der Waals surface area contributed by atoms with Gasteiger partial charge < -0.3 is 10.1 Å². The lowest BCUT2D eigenvalue weighted by atomic mass is 9.93. The summed E-state index contributed by atoms with van der Waals surface area (Å²) in [6.45, 7) is 4.60. The molecular formula is C16H27NO. The van der Waals surface area contributed by atoms with Crippen molar-refractivity contribution >= 4 is 0 Å². The largest absolute Gasteiger partial charge is 0.496 e. The van der Waals surface area contributed by atoms with Gasteiger partial charge in [0, 0.05) is 6.04 Å². The number of benzene rings is 1. The van der Waals surface area contributed by atoms with Crippen LogP contribution in [0, 0.1) is 5.92 Å². The van der Waals surface area contributed by atoms with Crippen LogP contribution >= 0.6 is 0 Å². The first kappa shape index (κ1) is 15.0. The molecule has 0 aliphatic heterocycles. The smallest absolute Gasteiger partial charge is 0.122 e. The second kappa shape index (κ2) is 8.15. The molecule has 0 heterocycles. The number of hydrogen-bond acceptors (Lipinski definition) is 2.